The maximum absolute atomic E-state index is 12.9. The lowest BCUT2D eigenvalue weighted by atomic mass is 10.2. The van der Waals surface area contributed by atoms with E-state index < -0.39 is 27.9 Å². The van der Waals surface area contributed by atoms with Gasteiger partial charge in [0.2, 0.25) is 0 Å². The van der Waals surface area contributed by atoms with E-state index in [1.165, 1.54) is 29.2 Å². The van der Waals surface area contributed by atoms with Crippen molar-refractivity contribution < 1.29 is 27.9 Å². The van der Waals surface area contributed by atoms with Crippen molar-refractivity contribution >= 4 is 66.2 Å². The Morgan fingerprint density at radius 2 is 1.81 bits per heavy atom. The average molecular weight is 566 g/mol. The number of benzene rings is 2. The van der Waals surface area contributed by atoms with Gasteiger partial charge in [-0.2, -0.15) is 0 Å². The van der Waals surface area contributed by atoms with E-state index in [2.05, 4.69) is 20.5 Å². The number of carboxylic acid groups (broad SMARTS) is 1. The number of piperazine rings is 1. The number of carbonyl (C=O) groups is 3. The summed E-state index contributed by atoms with van der Waals surface area (Å²) in [5.41, 5.74) is 0.661. The van der Waals surface area contributed by atoms with Crippen LogP contribution >= 0.6 is 22.9 Å². The van der Waals surface area contributed by atoms with Gasteiger partial charge < -0.3 is 10.0 Å². The molecule has 11 nitrogen and oxygen atoms in total. The number of imide groups is 1. The minimum atomic E-state index is -3.55. The Hall–Kier alpha value is -3.26. The van der Waals surface area contributed by atoms with E-state index >= 15 is 0 Å². The zero-order valence-electron chi connectivity index (χ0n) is 19.5. The van der Waals surface area contributed by atoms with Gasteiger partial charge in [-0.1, -0.05) is 35.1 Å². The van der Waals surface area contributed by atoms with Crippen LogP contribution in [-0.2, 0) is 9.84 Å². The number of carbonyl (C=O) groups excluding carboxylic acids is 2. The maximum atomic E-state index is 12.9. The molecule has 2 aromatic carbocycles. The smallest absolute Gasteiger partial charge is 0.407 e. The van der Waals surface area contributed by atoms with Gasteiger partial charge >= 0.3 is 12.1 Å². The number of rotatable bonds is 7. The normalized spacial score (nSPS) is 14.5. The molecule has 14 heteroatoms. The second-order valence-corrected chi connectivity index (χ2v) is 11.9. The molecular formula is C23H24ClN5O6S2. The molecule has 3 aromatic rings. The molecule has 1 saturated heterocycles. The molecule has 4 rings (SSSR count). The second kappa shape index (κ2) is 11.4. The van der Waals surface area contributed by atoms with E-state index in [4.69, 9.17) is 16.7 Å². The van der Waals surface area contributed by atoms with E-state index in [0.717, 1.165) is 11.3 Å². The first kappa shape index (κ1) is 26.8. The number of nitrogens with zero attached hydrogens (tertiary/aromatic N) is 3. The van der Waals surface area contributed by atoms with Crippen LogP contribution < -0.4 is 10.6 Å². The highest BCUT2D eigenvalue weighted by Gasteiger charge is 2.22. The van der Waals surface area contributed by atoms with Crippen LogP contribution in [0.1, 0.15) is 16.8 Å². The van der Waals surface area contributed by atoms with Gasteiger partial charge in [0.05, 0.1) is 31.5 Å². The summed E-state index contributed by atoms with van der Waals surface area (Å²) in [6.07, 6.45) is -0.520. The molecule has 1 aliphatic rings. The van der Waals surface area contributed by atoms with E-state index in [-0.39, 0.29) is 26.4 Å². The summed E-state index contributed by atoms with van der Waals surface area (Å²) in [5, 5.41) is 14.1. The number of sulfone groups is 1. The maximum Gasteiger partial charge on any atom is 0.407 e. The first-order chi connectivity index (χ1) is 17.6. The van der Waals surface area contributed by atoms with E-state index in [9.17, 15) is 22.8 Å². The van der Waals surface area contributed by atoms with Crippen molar-refractivity contribution in [2.45, 2.75) is 11.3 Å². The highest BCUT2D eigenvalue weighted by atomic mass is 35.5. The number of aromatic nitrogens is 1. The number of urea groups is 1. The summed E-state index contributed by atoms with van der Waals surface area (Å²) in [4.78, 5) is 43.4. The molecule has 1 fully saturated rings. The summed E-state index contributed by atoms with van der Waals surface area (Å²) in [5.74, 6) is -0.713. The zero-order chi connectivity index (χ0) is 26.6. The topological polar surface area (TPSA) is 149 Å². The van der Waals surface area contributed by atoms with E-state index in [0.29, 0.717) is 49.4 Å². The molecule has 0 bridgehead atoms. The SMILES string of the molecule is O=C(NC(=O)c1ccccc1Cl)Nc1nc2ccc(S(=O)(=O)CCCN3CCN(C(=O)O)CC3)cc2s1. The third kappa shape index (κ3) is 6.74. The summed E-state index contributed by atoms with van der Waals surface area (Å²) < 4.78 is 26.3. The van der Waals surface area contributed by atoms with Crippen molar-refractivity contribution in [3.8, 4) is 0 Å². The fraction of sp³-hybridized carbons (Fsp3) is 0.304. The van der Waals surface area contributed by atoms with Crippen molar-refractivity contribution in [2.75, 3.05) is 43.8 Å². The van der Waals surface area contributed by atoms with Crippen molar-refractivity contribution in [2.24, 2.45) is 0 Å². The van der Waals surface area contributed by atoms with Crippen LogP contribution in [0.3, 0.4) is 0 Å². The van der Waals surface area contributed by atoms with Crippen molar-refractivity contribution in [1.82, 2.24) is 20.1 Å². The van der Waals surface area contributed by atoms with E-state index in [1.54, 1.807) is 18.2 Å². The fourth-order valence-electron chi connectivity index (χ4n) is 3.85. The van der Waals surface area contributed by atoms with Gasteiger partial charge in [-0.05, 0) is 43.3 Å². The summed E-state index contributed by atoms with van der Waals surface area (Å²) >= 11 is 7.06. The second-order valence-electron chi connectivity index (χ2n) is 8.32. The minimum absolute atomic E-state index is 0.0475. The number of fused-ring (bicyclic) bond motifs is 1. The van der Waals surface area contributed by atoms with Gasteiger partial charge in [0.1, 0.15) is 0 Å². The van der Waals surface area contributed by atoms with Gasteiger partial charge in [0.25, 0.3) is 5.91 Å². The lowest BCUT2D eigenvalue weighted by Crippen LogP contribution is -2.48. The summed E-state index contributed by atoms with van der Waals surface area (Å²) in [7, 11) is -3.55. The molecule has 0 unspecified atom stereocenters. The number of nitrogens with one attached hydrogen (secondary N) is 2. The van der Waals surface area contributed by atoms with Gasteiger partial charge in [-0.25, -0.2) is 23.0 Å². The Labute approximate surface area is 222 Å². The number of hydrogen-bond donors (Lipinski definition) is 3. The Morgan fingerprint density at radius 3 is 2.51 bits per heavy atom. The molecule has 0 aliphatic carbocycles. The van der Waals surface area contributed by atoms with Gasteiger partial charge in [0, 0.05) is 26.2 Å². The largest absolute Gasteiger partial charge is 0.465 e. The molecule has 4 amide bonds. The number of halogens is 1. The Balaban J connectivity index is 1.33. The Kier molecular flexibility index (Phi) is 8.27. The Morgan fingerprint density at radius 1 is 1.08 bits per heavy atom. The minimum Gasteiger partial charge on any atom is -0.465 e. The number of anilines is 1. The average Bonchev–Trinajstić information content (AvgIpc) is 3.25. The third-order valence-electron chi connectivity index (χ3n) is 5.82. The van der Waals surface area contributed by atoms with Crippen LogP contribution in [0.15, 0.2) is 47.4 Å². The first-order valence-electron chi connectivity index (χ1n) is 11.3. The Bertz CT molecular complexity index is 1440. The molecule has 0 radical (unpaired) electrons. The molecule has 3 N–H and O–H groups in total. The quantitative estimate of drug-likeness (QED) is 0.395. The molecule has 2 heterocycles. The van der Waals surface area contributed by atoms with Gasteiger partial charge in [-0.15, -0.1) is 0 Å². The predicted molar refractivity (Wildman–Crippen MR) is 140 cm³/mol. The number of hydrogen-bond acceptors (Lipinski definition) is 8. The molecule has 37 heavy (non-hydrogen) atoms. The highest BCUT2D eigenvalue weighted by Crippen LogP contribution is 2.28. The van der Waals surface area contributed by atoms with E-state index in [1.807, 2.05) is 0 Å². The molecule has 196 valence electrons. The van der Waals surface area contributed by atoms with Crippen LogP contribution in [0.2, 0.25) is 5.02 Å². The molecule has 0 atom stereocenters. The summed E-state index contributed by atoms with van der Waals surface area (Å²) in [6.45, 7) is 2.53. The standard InChI is InChI=1S/C23H24ClN5O6S2/c24-17-5-2-1-4-16(17)20(30)26-21(31)27-22-25-18-7-6-15(14-19(18)36-22)37(34,35)13-3-8-28-9-11-29(12-10-28)23(32)33/h1-2,4-7,14H,3,8-13H2,(H,32,33)(H2,25,26,27,30,31). The van der Waals surface area contributed by atoms with Crippen molar-refractivity contribution in [3.63, 3.8) is 0 Å². The third-order valence-corrected chi connectivity index (χ3v) is 8.88. The van der Waals surface area contributed by atoms with Crippen LogP contribution in [0.5, 0.6) is 0 Å². The van der Waals surface area contributed by atoms with Crippen LogP contribution in [0.25, 0.3) is 10.2 Å². The molecule has 1 aromatic heterocycles. The molecule has 0 spiro atoms. The fourth-order valence-corrected chi connectivity index (χ4v) is 6.37. The monoisotopic (exact) mass is 565 g/mol. The molecule has 1 aliphatic heterocycles. The van der Waals surface area contributed by atoms with Crippen molar-refractivity contribution in [3.05, 3.63) is 53.1 Å². The van der Waals surface area contributed by atoms with Gasteiger partial charge in [-0.3, -0.25) is 20.3 Å². The highest BCUT2D eigenvalue weighted by molar-refractivity contribution is 7.91. The van der Waals surface area contributed by atoms with Crippen LogP contribution in [0, 0.1) is 0 Å². The lowest BCUT2D eigenvalue weighted by Gasteiger charge is -2.32. The number of amides is 4. The molecular weight excluding hydrogens is 542 g/mol. The summed E-state index contributed by atoms with van der Waals surface area (Å²) in [6, 6.07) is 10.1. The van der Waals surface area contributed by atoms with Crippen LogP contribution in [0.4, 0.5) is 14.7 Å². The lowest BCUT2D eigenvalue weighted by molar-refractivity contribution is 0.0966. The molecule has 0 saturated carbocycles. The zero-order valence-corrected chi connectivity index (χ0v) is 21.9. The number of thiazole rings is 1. The predicted octanol–water partition coefficient (Wildman–Crippen LogP) is 3.37. The van der Waals surface area contributed by atoms with Crippen molar-refractivity contribution in [1.29, 1.82) is 0 Å². The van der Waals surface area contributed by atoms with Crippen LogP contribution in [-0.4, -0.2) is 84.8 Å². The first-order valence-corrected chi connectivity index (χ1v) is 14.2. The van der Waals surface area contributed by atoms with Gasteiger partial charge in [0.15, 0.2) is 15.0 Å².